The number of allylic oxidation sites excluding steroid dienone is 2. The van der Waals surface area contributed by atoms with E-state index in [1.165, 1.54) is 244 Å². The van der Waals surface area contributed by atoms with Gasteiger partial charge in [-0.2, -0.15) is 0 Å². The van der Waals surface area contributed by atoms with E-state index in [9.17, 15) is 25.2 Å². The molecule has 4 atom stereocenters. The predicted octanol–water partition coefficient (Wildman–Crippen LogP) is 16.1. The van der Waals surface area contributed by atoms with Gasteiger partial charge < -0.3 is 25.7 Å². The van der Waals surface area contributed by atoms with Gasteiger partial charge in [-0.3, -0.25) is 4.79 Å². The Hall–Kier alpha value is -0.950. The quantitative estimate of drug-likeness (QED) is 0.0309. The lowest BCUT2D eigenvalue weighted by molar-refractivity contribution is -0.132. The average Bonchev–Trinajstić information content (AvgIpc) is 3.28. The molecule has 0 heterocycles. The van der Waals surface area contributed by atoms with Crippen molar-refractivity contribution in [2.75, 3.05) is 6.61 Å². The molecule has 0 aromatic rings. The van der Waals surface area contributed by atoms with Crippen LogP contribution in [0, 0.1) is 0 Å². The summed E-state index contributed by atoms with van der Waals surface area (Å²) in [5, 5.41) is 43.9. The van der Waals surface area contributed by atoms with E-state index in [4.69, 9.17) is 0 Å². The SMILES string of the molecule is CCCCCCCCCCCCCCCCC/C=C/CCCC(O)C(O)C(CO)NC(=O)C(O)CCCCCCCCCCCCCCCCCCCCCCCCCCCC. The standard InChI is InChI=1S/C56H111NO5/c1-3-5-7-9-11-13-15-17-19-21-23-25-26-27-28-29-30-32-34-36-38-40-42-44-46-48-50-54(60)56(62)57-52(51-58)55(61)53(59)49-47-45-43-41-39-37-35-33-31-24-22-20-18-16-14-12-10-8-6-4-2/h41,43,52-55,58-61H,3-40,42,44-51H2,1-2H3,(H,57,62)/b43-41+. The van der Waals surface area contributed by atoms with Crippen LogP contribution in [-0.4, -0.2) is 57.3 Å². The fourth-order valence-electron chi connectivity index (χ4n) is 9.06. The third-order valence-electron chi connectivity index (χ3n) is 13.5. The van der Waals surface area contributed by atoms with Gasteiger partial charge in [-0.25, -0.2) is 0 Å². The zero-order valence-electron chi connectivity index (χ0n) is 41.9. The zero-order chi connectivity index (χ0) is 45.2. The molecule has 6 heteroatoms. The highest BCUT2D eigenvalue weighted by atomic mass is 16.3. The number of aliphatic hydroxyl groups excluding tert-OH is 4. The van der Waals surface area contributed by atoms with E-state index >= 15 is 0 Å². The number of hydrogen-bond acceptors (Lipinski definition) is 5. The van der Waals surface area contributed by atoms with Crippen LogP contribution in [0.1, 0.15) is 309 Å². The summed E-state index contributed by atoms with van der Waals surface area (Å²) < 4.78 is 0. The second kappa shape index (κ2) is 51.0. The van der Waals surface area contributed by atoms with Crippen LogP contribution >= 0.6 is 0 Å². The van der Waals surface area contributed by atoms with Crippen LogP contribution in [0.4, 0.5) is 0 Å². The van der Waals surface area contributed by atoms with E-state index in [-0.39, 0.29) is 0 Å². The van der Waals surface area contributed by atoms with Crippen LogP contribution in [0.15, 0.2) is 12.2 Å². The molecule has 0 spiro atoms. The minimum Gasteiger partial charge on any atom is -0.394 e. The van der Waals surface area contributed by atoms with Gasteiger partial charge in [0.05, 0.1) is 18.8 Å². The van der Waals surface area contributed by atoms with Gasteiger partial charge in [0.2, 0.25) is 5.91 Å². The second-order valence-corrected chi connectivity index (χ2v) is 19.6. The van der Waals surface area contributed by atoms with Crippen molar-refractivity contribution in [1.82, 2.24) is 5.32 Å². The Bertz CT molecular complexity index is 898. The molecule has 5 N–H and O–H groups in total. The molecule has 0 aliphatic carbocycles. The number of carbonyl (C=O) groups excluding carboxylic acids is 1. The molecule has 0 fully saturated rings. The molecule has 0 rings (SSSR count). The summed E-state index contributed by atoms with van der Waals surface area (Å²) in [5.74, 6) is -0.586. The third kappa shape index (κ3) is 44.3. The molecule has 370 valence electrons. The van der Waals surface area contributed by atoms with Gasteiger partial charge in [0.15, 0.2) is 0 Å². The van der Waals surface area contributed by atoms with Gasteiger partial charge in [0, 0.05) is 0 Å². The second-order valence-electron chi connectivity index (χ2n) is 19.6. The number of amides is 1. The fraction of sp³-hybridized carbons (Fsp3) is 0.946. The monoisotopic (exact) mass is 878 g/mol. The van der Waals surface area contributed by atoms with E-state index in [0.29, 0.717) is 12.8 Å². The lowest BCUT2D eigenvalue weighted by atomic mass is 10.00. The molecule has 0 saturated carbocycles. The van der Waals surface area contributed by atoms with Gasteiger partial charge in [-0.05, 0) is 38.5 Å². The summed E-state index contributed by atoms with van der Waals surface area (Å²) in [4.78, 5) is 12.6. The predicted molar refractivity (Wildman–Crippen MR) is 270 cm³/mol. The molecule has 0 saturated heterocycles. The van der Waals surface area contributed by atoms with Crippen molar-refractivity contribution in [1.29, 1.82) is 0 Å². The van der Waals surface area contributed by atoms with Crippen LogP contribution in [0.25, 0.3) is 0 Å². The Labute approximate surface area is 387 Å². The summed E-state index contributed by atoms with van der Waals surface area (Å²) in [5.41, 5.74) is 0. The summed E-state index contributed by atoms with van der Waals surface area (Å²) in [6, 6.07) is -0.998. The maximum Gasteiger partial charge on any atom is 0.249 e. The maximum absolute atomic E-state index is 12.6. The molecule has 0 bridgehead atoms. The van der Waals surface area contributed by atoms with Gasteiger partial charge in [0.25, 0.3) is 0 Å². The number of aliphatic hydroxyl groups is 4. The van der Waals surface area contributed by atoms with Crippen LogP contribution in [-0.2, 0) is 4.79 Å². The smallest absolute Gasteiger partial charge is 0.249 e. The van der Waals surface area contributed by atoms with Gasteiger partial charge in [-0.15, -0.1) is 0 Å². The molecular weight excluding hydrogens is 767 g/mol. The number of carbonyl (C=O) groups is 1. The molecular formula is C56H111NO5. The number of unbranched alkanes of at least 4 members (excludes halogenated alkanes) is 41. The van der Waals surface area contributed by atoms with Crippen molar-refractivity contribution in [2.24, 2.45) is 0 Å². The van der Waals surface area contributed by atoms with E-state index in [1.54, 1.807) is 0 Å². The van der Waals surface area contributed by atoms with Crippen LogP contribution in [0.3, 0.4) is 0 Å². The lowest BCUT2D eigenvalue weighted by Gasteiger charge is -2.27. The fourth-order valence-corrected chi connectivity index (χ4v) is 9.06. The highest BCUT2D eigenvalue weighted by Gasteiger charge is 2.28. The normalized spacial score (nSPS) is 13.8. The van der Waals surface area contributed by atoms with Gasteiger partial charge in [0.1, 0.15) is 12.2 Å². The Morgan fingerprint density at radius 2 is 0.661 bits per heavy atom. The Morgan fingerprint density at radius 3 is 0.968 bits per heavy atom. The Balaban J connectivity index is 3.62. The molecule has 62 heavy (non-hydrogen) atoms. The highest BCUT2D eigenvalue weighted by molar-refractivity contribution is 5.80. The summed E-state index contributed by atoms with van der Waals surface area (Å²) >= 11 is 0. The lowest BCUT2D eigenvalue weighted by Crippen LogP contribution is -2.53. The van der Waals surface area contributed by atoms with Crippen molar-refractivity contribution in [2.45, 2.75) is 334 Å². The minimum absolute atomic E-state index is 0.369. The summed E-state index contributed by atoms with van der Waals surface area (Å²) in [7, 11) is 0. The minimum atomic E-state index is -1.28. The molecule has 0 aromatic carbocycles. The van der Waals surface area contributed by atoms with Crippen molar-refractivity contribution in [3.8, 4) is 0 Å². The van der Waals surface area contributed by atoms with Crippen LogP contribution < -0.4 is 5.32 Å². The largest absolute Gasteiger partial charge is 0.394 e. The molecule has 6 nitrogen and oxygen atoms in total. The first kappa shape index (κ1) is 61.0. The highest BCUT2D eigenvalue weighted by Crippen LogP contribution is 2.18. The van der Waals surface area contributed by atoms with Gasteiger partial charge in [-0.1, -0.05) is 283 Å². The number of nitrogens with one attached hydrogen (secondary N) is 1. The van der Waals surface area contributed by atoms with Crippen LogP contribution in [0.5, 0.6) is 0 Å². The topological polar surface area (TPSA) is 110 Å². The van der Waals surface area contributed by atoms with E-state index in [2.05, 4.69) is 31.3 Å². The number of hydrogen-bond donors (Lipinski definition) is 5. The van der Waals surface area contributed by atoms with Crippen molar-refractivity contribution < 1.29 is 25.2 Å². The molecule has 0 aliphatic rings. The molecule has 0 radical (unpaired) electrons. The van der Waals surface area contributed by atoms with Gasteiger partial charge >= 0.3 is 0 Å². The van der Waals surface area contributed by atoms with Crippen molar-refractivity contribution in [3.63, 3.8) is 0 Å². The Morgan fingerprint density at radius 1 is 0.387 bits per heavy atom. The van der Waals surface area contributed by atoms with E-state index in [0.717, 1.165) is 38.5 Å². The maximum atomic E-state index is 12.6. The van der Waals surface area contributed by atoms with E-state index < -0.39 is 36.9 Å². The summed E-state index contributed by atoms with van der Waals surface area (Å²) in [6.07, 6.45) is 60.0. The molecule has 4 unspecified atom stereocenters. The first-order valence-corrected chi connectivity index (χ1v) is 28.1. The molecule has 0 aromatic heterocycles. The first-order chi connectivity index (χ1) is 30.5. The molecule has 1 amide bonds. The van der Waals surface area contributed by atoms with Crippen LogP contribution in [0.2, 0.25) is 0 Å². The summed E-state index contributed by atoms with van der Waals surface area (Å²) in [6.45, 7) is 4.08. The average molecular weight is 879 g/mol. The number of rotatable bonds is 52. The van der Waals surface area contributed by atoms with Crippen molar-refractivity contribution in [3.05, 3.63) is 12.2 Å². The Kier molecular flexibility index (Phi) is 50.3. The third-order valence-corrected chi connectivity index (χ3v) is 13.5. The van der Waals surface area contributed by atoms with Crippen molar-refractivity contribution >= 4 is 5.91 Å². The molecule has 0 aliphatic heterocycles. The zero-order valence-corrected chi connectivity index (χ0v) is 41.9. The first-order valence-electron chi connectivity index (χ1n) is 28.1. The van der Waals surface area contributed by atoms with E-state index in [1.807, 2.05) is 0 Å².